The molecule has 1 aromatic heterocycles. The van der Waals surface area contributed by atoms with Crippen molar-refractivity contribution >= 4 is 0 Å². The highest BCUT2D eigenvalue weighted by Crippen LogP contribution is 2.27. The third-order valence-corrected chi connectivity index (χ3v) is 3.28. The summed E-state index contributed by atoms with van der Waals surface area (Å²) in [6.45, 7) is 5.94. The second kappa shape index (κ2) is 5.56. The number of ether oxygens (including phenoxy) is 1. The maximum atomic E-state index is 5.63. The second-order valence-corrected chi connectivity index (χ2v) is 4.59. The van der Waals surface area contributed by atoms with Gasteiger partial charge in [-0.3, -0.25) is 0 Å². The van der Waals surface area contributed by atoms with Crippen molar-refractivity contribution in [2.75, 3.05) is 20.2 Å². The number of hydrogen-bond donors (Lipinski definition) is 1. The first-order valence-corrected chi connectivity index (χ1v) is 6.32. The van der Waals surface area contributed by atoms with Crippen LogP contribution in [0.15, 0.2) is 0 Å². The van der Waals surface area contributed by atoms with E-state index in [9.17, 15) is 0 Å². The number of aryl methyl sites for hydroxylation is 2. The summed E-state index contributed by atoms with van der Waals surface area (Å²) in [5.41, 5.74) is 3.46. The van der Waals surface area contributed by atoms with Crippen molar-refractivity contribution in [1.29, 1.82) is 0 Å². The Morgan fingerprint density at radius 1 is 1.29 bits per heavy atom. The van der Waals surface area contributed by atoms with Crippen molar-refractivity contribution in [2.45, 2.75) is 39.2 Å². The quantitative estimate of drug-likeness (QED) is 0.863. The summed E-state index contributed by atoms with van der Waals surface area (Å²) in [6, 6.07) is 0. The first-order chi connectivity index (χ1) is 8.22. The van der Waals surface area contributed by atoms with Gasteiger partial charge in [0, 0.05) is 18.0 Å². The molecule has 94 valence electrons. The maximum absolute atomic E-state index is 5.63. The summed E-state index contributed by atoms with van der Waals surface area (Å²) in [7, 11) is 1.96. The van der Waals surface area contributed by atoms with E-state index in [1.807, 2.05) is 7.05 Å². The summed E-state index contributed by atoms with van der Waals surface area (Å²) < 4.78 is 5.63. The molecule has 4 heteroatoms. The molecular formula is C13H21N3O. The molecule has 0 aliphatic carbocycles. The molecule has 1 fully saturated rings. The summed E-state index contributed by atoms with van der Waals surface area (Å²) in [5, 5.41) is 3.16. The first kappa shape index (κ1) is 12.5. The largest absolute Gasteiger partial charge is 0.370 e. The van der Waals surface area contributed by atoms with Crippen LogP contribution in [-0.4, -0.2) is 30.2 Å². The molecule has 0 spiro atoms. The number of nitrogens with one attached hydrogen (secondary N) is 1. The molecule has 1 aromatic rings. The maximum Gasteiger partial charge on any atom is 0.157 e. The minimum atomic E-state index is 0.116. The molecule has 2 rings (SSSR count). The van der Waals surface area contributed by atoms with Crippen LogP contribution in [0.1, 0.15) is 41.7 Å². The standard InChI is InChI=1S/C13H21N3O/c1-9-11(6-7-14-3)10(2)16-13(15-9)12-5-4-8-17-12/h12,14H,4-8H2,1-3H3. The normalized spacial score (nSPS) is 19.8. The smallest absolute Gasteiger partial charge is 0.157 e. The topological polar surface area (TPSA) is 47.0 Å². The highest BCUT2D eigenvalue weighted by molar-refractivity contribution is 5.25. The van der Waals surface area contributed by atoms with Gasteiger partial charge >= 0.3 is 0 Å². The molecule has 0 amide bonds. The Bertz CT molecular complexity index is 363. The fraction of sp³-hybridized carbons (Fsp3) is 0.692. The fourth-order valence-corrected chi connectivity index (χ4v) is 2.30. The number of hydrogen-bond acceptors (Lipinski definition) is 4. The Morgan fingerprint density at radius 3 is 2.53 bits per heavy atom. The van der Waals surface area contributed by atoms with Gasteiger partial charge in [-0.2, -0.15) is 0 Å². The zero-order chi connectivity index (χ0) is 12.3. The van der Waals surface area contributed by atoms with Crippen molar-refractivity contribution in [3.63, 3.8) is 0 Å². The number of rotatable bonds is 4. The minimum Gasteiger partial charge on any atom is -0.370 e. The van der Waals surface area contributed by atoms with Crippen LogP contribution < -0.4 is 5.32 Å². The van der Waals surface area contributed by atoms with E-state index in [1.165, 1.54) is 5.56 Å². The molecule has 1 N–H and O–H groups in total. The molecule has 1 unspecified atom stereocenters. The summed E-state index contributed by atoms with van der Waals surface area (Å²) >= 11 is 0. The van der Waals surface area contributed by atoms with E-state index in [-0.39, 0.29) is 6.10 Å². The lowest BCUT2D eigenvalue weighted by Gasteiger charge is -2.13. The third kappa shape index (κ3) is 2.82. The fourth-order valence-electron chi connectivity index (χ4n) is 2.30. The minimum absolute atomic E-state index is 0.116. The zero-order valence-corrected chi connectivity index (χ0v) is 10.9. The van der Waals surface area contributed by atoms with Crippen LogP contribution >= 0.6 is 0 Å². The Hall–Kier alpha value is -1.00. The molecule has 1 aliphatic rings. The van der Waals surface area contributed by atoms with E-state index in [0.29, 0.717) is 0 Å². The van der Waals surface area contributed by atoms with Crippen LogP contribution in [0.2, 0.25) is 0 Å². The first-order valence-electron chi connectivity index (χ1n) is 6.32. The third-order valence-electron chi connectivity index (χ3n) is 3.28. The molecule has 0 aromatic carbocycles. The Labute approximate surface area is 103 Å². The molecular weight excluding hydrogens is 214 g/mol. The molecule has 1 atom stereocenters. The molecule has 1 aliphatic heterocycles. The Balaban J connectivity index is 2.21. The molecule has 2 heterocycles. The van der Waals surface area contributed by atoms with E-state index < -0.39 is 0 Å². The van der Waals surface area contributed by atoms with Gasteiger partial charge in [-0.1, -0.05) is 0 Å². The van der Waals surface area contributed by atoms with Gasteiger partial charge in [-0.05, 0) is 52.3 Å². The van der Waals surface area contributed by atoms with E-state index in [1.54, 1.807) is 0 Å². The number of likely N-dealkylation sites (N-methyl/N-ethyl adjacent to an activating group) is 1. The zero-order valence-electron chi connectivity index (χ0n) is 10.9. The highest BCUT2D eigenvalue weighted by atomic mass is 16.5. The molecule has 0 bridgehead atoms. The van der Waals surface area contributed by atoms with Gasteiger partial charge in [-0.15, -0.1) is 0 Å². The van der Waals surface area contributed by atoms with Gasteiger partial charge in [0.05, 0.1) is 0 Å². The Kier molecular flexibility index (Phi) is 4.07. The molecule has 1 saturated heterocycles. The van der Waals surface area contributed by atoms with Crippen molar-refractivity contribution in [1.82, 2.24) is 15.3 Å². The van der Waals surface area contributed by atoms with Crippen LogP contribution in [-0.2, 0) is 11.2 Å². The van der Waals surface area contributed by atoms with Crippen LogP contribution in [0.25, 0.3) is 0 Å². The van der Waals surface area contributed by atoms with Crippen molar-refractivity contribution in [3.8, 4) is 0 Å². The van der Waals surface area contributed by atoms with Gasteiger partial charge in [0.25, 0.3) is 0 Å². The van der Waals surface area contributed by atoms with Crippen LogP contribution in [0.4, 0.5) is 0 Å². The molecule has 17 heavy (non-hydrogen) atoms. The van der Waals surface area contributed by atoms with Crippen LogP contribution in [0.5, 0.6) is 0 Å². The molecule has 0 saturated carbocycles. The lowest BCUT2D eigenvalue weighted by Crippen LogP contribution is -2.15. The van der Waals surface area contributed by atoms with Crippen LogP contribution in [0, 0.1) is 13.8 Å². The summed E-state index contributed by atoms with van der Waals surface area (Å²) in [4.78, 5) is 9.21. The van der Waals surface area contributed by atoms with E-state index in [2.05, 4.69) is 29.1 Å². The highest BCUT2D eigenvalue weighted by Gasteiger charge is 2.21. The van der Waals surface area contributed by atoms with E-state index in [0.717, 1.165) is 49.6 Å². The Morgan fingerprint density at radius 2 is 2.00 bits per heavy atom. The van der Waals surface area contributed by atoms with Crippen molar-refractivity contribution in [2.24, 2.45) is 0 Å². The average Bonchev–Trinajstić information content (AvgIpc) is 2.81. The monoisotopic (exact) mass is 235 g/mol. The van der Waals surface area contributed by atoms with Gasteiger partial charge in [0.2, 0.25) is 0 Å². The van der Waals surface area contributed by atoms with Gasteiger partial charge in [0.1, 0.15) is 6.10 Å². The van der Waals surface area contributed by atoms with Crippen LogP contribution in [0.3, 0.4) is 0 Å². The van der Waals surface area contributed by atoms with E-state index >= 15 is 0 Å². The second-order valence-electron chi connectivity index (χ2n) is 4.59. The van der Waals surface area contributed by atoms with Gasteiger partial charge in [-0.25, -0.2) is 9.97 Å². The van der Waals surface area contributed by atoms with Gasteiger partial charge < -0.3 is 10.1 Å². The summed E-state index contributed by atoms with van der Waals surface area (Å²) in [5.74, 6) is 0.866. The van der Waals surface area contributed by atoms with Crippen molar-refractivity contribution in [3.05, 3.63) is 22.8 Å². The lowest BCUT2D eigenvalue weighted by molar-refractivity contribution is 0.104. The molecule has 0 radical (unpaired) electrons. The predicted molar refractivity (Wildman–Crippen MR) is 67.1 cm³/mol. The molecule has 4 nitrogen and oxygen atoms in total. The average molecular weight is 235 g/mol. The SMILES string of the molecule is CNCCc1c(C)nc(C2CCCO2)nc1C. The van der Waals surface area contributed by atoms with Gasteiger partial charge in [0.15, 0.2) is 5.82 Å². The van der Waals surface area contributed by atoms with E-state index in [4.69, 9.17) is 4.74 Å². The lowest BCUT2D eigenvalue weighted by atomic mass is 10.1. The summed E-state index contributed by atoms with van der Waals surface area (Å²) in [6.07, 6.45) is 3.27. The number of aromatic nitrogens is 2. The van der Waals surface area contributed by atoms with Crippen molar-refractivity contribution < 1.29 is 4.74 Å². The predicted octanol–water partition coefficient (Wildman–Crippen LogP) is 1.71. The number of nitrogens with zero attached hydrogens (tertiary/aromatic N) is 2.